The summed E-state index contributed by atoms with van der Waals surface area (Å²) in [4.78, 5) is 31.1. The maximum atomic E-state index is 13.4. The molecule has 32 heavy (non-hydrogen) atoms. The van der Waals surface area contributed by atoms with Gasteiger partial charge in [0.2, 0.25) is 5.91 Å². The van der Waals surface area contributed by atoms with Crippen LogP contribution < -0.4 is 10.9 Å². The largest absolute Gasteiger partial charge is 0.467 e. The number of nitrogens with zero attached hydrogens (tertiary/aromatic N) is 2. The minimum absolute atomic E-state index is 0.0688. The predicted molar refractivity (Wildman–Crippen MR) is 128 cm³/mol. The van der Waals surface area contributed by atoms with Crippen LogP contribution in [0.3, 0.4) is 0 Å². The van der Waals surface area contributed by atoms with Crippen LogP contribution in [0, 0.1) is 0 Å². The van der Waals surface area contributed by atoms with E-state index in [1.165, 1.54) is 23.1 Å². The molecule has 3 heterocycles. The number of thiophene rings is 1. The van der Waals surface area contributed by atoms with Crippen LogP contribution in [0.25, 0.3) is 20.3 Å². The van der Waals surface area contributed by atoms with Crippen LogP contribution in [0.15, 0.2) is 57.0 Å². The van der Waals surface area contributed by atoms with Crippen LogP contribution in [0.1, 0.15) is 25.5 Å². The smallest absolute Gasteiger partial charge is 0.272 e. The predicted octanol–water partition coefficient (Wildman–Crippen LogP) is 4.43. The number of furan rings is 1. The first-order chi connectivity index (χ1) is 15.6. The zero-order chi connectivity index (χ0) is 22.5. The van der Waals surface area contributed by atoms with Gasteiger partial charge in [0.05, 0.1) is 23.6 Å². The number of hydrogen-bond donors (Lipinski definition) is 1. The fourth-order valence-corrected chi connectivity index (χ4v) is 5.61. The number of benzene rings is 1. The average molecular weight is 472 g/mol. The Balaban J connectivity index is 1.67. The number of carbonyl (C=O) groups excluding carboxylic acids is 1. The summed E-state index contributed by atoms with van der Waals surface area (Å²) in [7, 11) is 1.64. The van der Waals surface area contributed by atoms with Crippen LogP contribution in [0.2, 0.25) is 0 Å². The molecule has 0 aliphatic carbocycles. The lowest BCUT2D eigenvalue weighted by Gasteiger charge is -2.17. The van der Waals surface area contributed by atoms with Crippen LogP contribution in [-0.2, 0) is 22.6 Å². The maximum absolute atomic E-state index is 13.4. The Hall–Kier alpha value is -2.62. The third-order valence-electron chi connectivity index (χ3n) is 5.11. The monoisotopic (exact) mass is 471 g/mol. The molecular weight excluding hydrogens is 446 g/mol. The summed E-state index contributed by atoms with van der Waals surface area (Å²) in [5, 5.41) is 4.06. The number of nitrogens with one attached hydrogen (secondary N) is 1. The van der Waals surface area contributed by atoms with E-state index in [9.17, 15) is 9.59 Å². The quantitative estimate of drug-likeness (QED) is 0.209. The molecule has 0 unspecified atom stereocenters. The Bertz CT molecular complexity index is 1260. The van der Waals surface area contributed by atoms with E-state index in [1.807, 2.05) is 37.3 Å². The first-order valence-corrected chi connectivity index (χ1v) is 12.2. The van der Waals surface area contributed by atoms with E-state index in [0.29, 0.717) is 53.7 Å². The van der Waals surface area contributed by atoms with Crippen LogP contribution in [0.4, 0.5) is 0 Å². The Morgan fingerprint density at radius 3 is 2.91 bits per heavy atom. The number of carbonyl (C=O) groups is 1. The highest BCUT2D eigenvalue weighted by atomic mass is 32.2. The summed E-state index contributed by atoms with van der Waals surface area (Å²) >= 11 is 2.79. The van der Waals surface area contributed by atoms with E-state index in [0.717, 1.165) is 10.1 Å². The molecular formula is C23H25N3O4S2. The van der Waals surface area contributed by atoms with Crippen molar-refractivity contribution >= 4 is 49.3 Å². The zero-order valence-electron chi connectivity index (χ0n) is 18.0. The molecule has 0 fully saturated rings. The second-order valence-electron chi connectivity index (χ2n) is 7.29. The summed E-state index contributed by atoms with van der Waals surface area (Å²) in [6, 6.07) is 11.5. The molecule has 7 nitrogen and oxygen atoms in total. The van der Waals surface area contributed by atoms with Crippen molar-refractivity contribution in [3.05, 3.63) is 58.8 Å². The van der Waals surface area contributed by atoms with E-state index in [-0.39, 0.29) is 16.7 Å². The number of fused-ring (bicyclic) bond motifs is 3. The fourth-order valence-electron chi connectivity index (χ4n) is 3.46. The molecule has 0 radical (unpaired) electrons. The Kier molecular flexibility index (Phi) is 7.29. The van der Waals surface area contributed by atoms with E-state index < -0.39 is 0 Å². The molecule has 0 saturated heterocycles. The van der Waals surface area contributed by atoms with Crippen molar-refractivity contribution in [2.45, 2.75) is 43.3 Å². The Labute approximate surface area is 193 Å². The number of amides is 1. The third kappa shape index (κ3) is 4.74. The second kappa shape index (κ2) is 10.3. The van der Waals surface area contributed by atoms with Gasteiger partial charge in [-0.1, -0.05) is 36.9 Å². The third-order valence-corrected chi connectivity index (χ3v) is 7.61. The zero-order valence-corrected chi connectivity index (χ0v) is 19.6. The SMILES string of the molecule is CC[C@H](Sc1nc2c(sc3ccccc32)c(=O)n1CCCOC)C(=O)NCc1ccco1. The standard InChI is InChI=1S/C23H25N3O4S2/c1-3-17(21(27)24-14-15-8-6-13-30-15)32-23-25-19-16-9-4-5-10-18(16)31-20(19)22(28)26(23)11-7-12-29-2/h4-6,8-10,13,17H,3,7,11-12,14H2,1-2H3,(H,24,27)/t17-/m0/s1. The lowest BCUT2D eigenvalue weighted by molar-refractivity contribution is -0.120. The van der Waals surface area contributed by atoms with Gasteiger partial charge in [-0.05, 0) is 31.0 Å². The van der Waals surface area contributed by atoms with Gasteiger partial charge >= 0.3 is 0 Å². The molecule has 0 saturated carbocycles. The van der Waals surface area contributed by atoms with Crippen molar-refractivity contribution in [1.82, 2.24) is 14.9 Å². The number of ether oxygens (including phenoxy) is 1. The molecule has 1 aromatic carbocycles. The minimum Gasteiger partial charge on any atom is -0.467 e. The molecule has 1 atom stereocenters. The van der Waals surface area contributed by atoms with Crippen LogP contribution in [0.5, 0.6) is 0 Å². The van der Waals surface area contributed by atoms with Crippen LogP contribution in [-0.4, -0.2) is 34.4 Å². The Morgan fingerprint density at radius 2 is 2.16 bits per heavy atom. The highest BCUT2D eigenvalue weighted by Gasteiger charge is 2.23. The molecule has 0 bridgehead atoms. The van der Waals surface area contributed by atoms with Gasteiger partial charge in [-0.3, -0.25) is 14.2 Å². The van der Waals surface area contributed by atoms with Gasteiger partial charge in [0.15, 0.2) is 5.16 Å². The molecule has 168 valence electrons. The molecule has 4 aromatic rings. The maximum Gasteiger partial charge on any atom is 0.272 e. The number of thioether (sulfide) groups is 1. The van der Waals surface area contributed by atoms with Crippen molar-refractivity contribution in [3.8, 4) is 0 Å². The van der Waals surface area contributed by atoms with Gasteiger partial charge in [0, 0.05) is 30.3 Å². The van der Waals surface area contributed by atoms with E-state index in [4.69, 9.17) is 14.1 Å². The van der Waals surface area contributed by atoms with Crippen LogP contribution >= 0.6 is 23.1 Å². The highest BCUT2D eigenvalue weighted by Crippen LogP contribution is 2.33. The van der Waals surface area contributed by atoms with Crippen molar-refractivity contribution in [2.75, 3.05) is 13.7 Å². The lowest BCUT2D eigenvalue weighted by atomic mass is 10.2. The molecule has 0 aliphatic rings. The lowest BCUT2D eigenvalue weighted by Crippen LogP contribution is -2.33. The van der Waals surface area contributed by atoms with Crippen molar-refractivity contribution < 1.29 is 13.9 Å². The van der Waals surface area contributed by atoms with E-state index >= 15 is 0 Å². The summed E-state index contributed by atoms with van der Waals surface area (Å²) in [5.41, 5.74) is 0.632. The van der Waals surface area contributed by atoms with Gasteiger partial charge in [-0.15, -0.1) is 11.3 Å². The summed E-state index contributed by atoms with van der Waals surface area (Å²) in [6.45, 7) is 3.31. The molecule has 1 amide bonds. The topological polar surface area (TPSA) is 86.4 Å². The summed E-state index contributed by atoms with van der Waals surface area (Å²) in [5.74, 6) is 0.584. The van der Waals surface area contributed by atoms with Gasteiger partial charge in [0.1, 0.15) is 10.5 Å². The molecule has 3 aromatic heterocycles. The highest BCUT2D eigenvalue weighted by molar-refractivity contribution is 8.00. The van der Waals surface area contributed by atoms with Crippen molar-refractivity contribution in [1.29, 1.82) is 0 Å². The number of methoxy groups -OCH3 is 1. The summed E-state index contributed by atoms with van der Waals surface area (Å²) < 4.78 is 13.8. The molecule has 0 spiro atoms. The first kappa shape index (κ1) is 22.6. The first-order valence-electron chi connectivity index (χ1n) is 10.5. The normalized spacial score (nSPS) is 12.4. The minimum atomic E-state index is -0.382. The summed E-state index contributed by atoms with van der Waals surface area (Å²) in [6.07, 6.45) is 2.87. The molecule has 1 N–H and O–H groups in total. The average Bonchev–Trinajstić information content (AvgIpc) is 3.46. The van der Waals surface area contributed by atoms with Gasteiger partial charge in [-0.2, -0.15) is 0 Å². The number of hydrogen-bond acceptors (Lipinski definition) is 7. The fraction of sp³-hybridized carbons (Fsp3) is 0.348. The van der Waals surface area contributed by atoms with E-state index in [1.54, 1.807) is 24.0 Å². The molecule has 9 heteroatoms. The van der Waals surface area contributed by atoms with Gasteiger partial charge in [-0.25, -0.2) is 4.98 Å². The Morgan fingerprint density at radius 1 is 1.31 bits per heavy atom. The van der Waals surface area contributed by atoms with Gasteiger partial charge < -0.3 is 14.5 Å². The molecule has 0 aliphatic heterocycles. The molecule has 4 rings (SSSR count). The number of rotatable bonds is 10. The van der Waals surface area contributed by atoms with E-state index in [2.05, 4.69) is 5.32 Å². The van der Waals surface area contributed by atoms with Crippen molar-refractivity contribution in [2.24, 2.45) is 0 Å². The van der Waals surface area contributed by atoms with Crippen molar-refractivity contribution in [3.63, 3.8) is 0 Å². The van der Waals surface area contributed by atoms with Gasteiger partial charge in [0.25, 0.3) is 5.56 Å². The number of aromatic nitrogens is 2. The second-order valence-corrected chi connectivity index (χ2v) is 9.51.